The van der Waals surface area contributed by atoms with Crippen LogP contribution in [0.1, 0.15) is 45.3 Å². The number of ether oxygens (including phenoxy) is 1. The van der Waals surface area contributed by atoms with E-state index >= 15 is 0 Å². The molecule has 0 bridgehead atoms. The van der Waals surface area contributed by atoms with E-state index in [-0.39, 0.29) is 17.2 Å². The van der Waals surface area contributed by atoms with Crippen molar-refractivity contribution in [2.24, 2.45) is 0 Å². The molecule has 1 saturated heterocycles. The van der Waals surface area contributed by atoms with Gasteiger partial charge in [0.15, 0.2) is 11.0 Å². The Balaban J connectivity index is 1.66. The Morgan fingerprint density at radius 3 is 2.91 bits per heavy atom. The van der Waals surface area contributed by atoms with Crippen LogP contribution < -0.4 is 5.69 Å². The number of rotatable bonds is 5. The lowest BCUT2D eigenvalue weighted by Gasteiger charge is -2.11. The fourth-order valence-electron chi connectivity index (χ4n) is 2.31. The molecule has 0 aliphatic carbocycles. The zero-order valence-corrected chi connectivity index (χ0v) is 14.4. The summed E-state index contributed by atoms with van der Waals surface area (Å²) in [6.45, 7) is 7.37. The van der Waals surface area contributed by atoms with Crippen LogP contribution in [-0.4, -0.2) is 37.6 Å². The zero-order valence-electron chi connectivity index (χ0n) is 13.5. The van der Waals surface area contributed by atoms with Gasteiger partial charge in [0.05, 0.1) is 18.4 Å². The third-order valence-electron chi connectivity index (χ3n) is 3.60. The molecule has 1 aliphatic heterocycles. The molecule has 1 aliphatic rings. The zero-order chi connectivity index (χ0) is 16.4. The van der Waals surface area contributed by atoms with Gasteiger partial charge in [-0.15, -0.1) is 5.10 Å². The van der Waals surface area contributed by atoms with Crippen LogP contribution in [0.4, 0.5) is 0 Å². The highest BCUT2D eigenvalue weighted by Crippen LogP contribution is 2.23. The van der Waals surface area contributed by atoms with Crippen molar-refractivity contribution in [3.8, 4) is 0 Å². The smallest absolute Gasteiger partial charge is 0.344 e. The minimum absolute atomic E-state index is 0.0838. The summed E-state index contributed by atoms with van der Waals surface area (Å²) in [7, 11) is 0. The van der Waals surface area contributed by atoms with Crippen molar-refractivity contribution >= 4 is 11.8 Å². The van der Waals surface area contributed by atoms with Crippen LogP contribution in [-0.2, 0) is 22.4 Å². The van der Waals surface area contributed by atoms with Crippen LogP contribution in [0.25, 0.3) is 0 Å². The third-order valence-corrected chi connectivity index (χ3v) is 4.56. The molecule has 1 unspecified atom stereocenters. The van der Waals surface area contributed by atoms with Crippen LogP contribution in [0.2, 0.25) is 0 Å². The second-order valence-corrected chi connectivity index (χ2v) is 7.55. The average molecular weight is 339 g/mol. The average Bonchev–Trinajstić information content (AvgIpc) is 3.20. The molecule has 1 atom stereocenters. The maximum Gasteiger partial charge on any atom is 0.344 e. The molecule has 0 amide bonds. The third kappa shape index (κ3) is 3.84. The molecule has 1 N–H and O–H groups in total. The minimum Gasteiger partial charge on any atom is -0.376 e. The number of H-pyrrole nitrogens is 1. The molecule has 0 saturated carbocycles. The van der Waals surface area contributed by atoms with Gasteiger partial charge in [0.1, 0.15) is 0 Å². The molecule has 0 radical (unpaired) electrons. The van der Waals surface area contributed by atoms with Gasteiger partial charge < -0.3 is 9.26 Å². The van der Waals surface area contributed by atoms with Crippen LogP contribution in [0.3, 0.4) is 0 Å². The molecule has 0 spiro atoms. The predicted octanol–water partition coefficient (Wildman–Crippen LogP) is 1.72. The highest BCUT2D eigenvalue weighted by atomic mass is 32.2. The summed E-state index contributed by atoms with van der Waals surface area (Å²) < 4.78 is 12.5. The summed E-state index contributed by atoms with van der Waals surface area (Å²) in [5.74, 6) is 1.67. The van der Waals surface area contributed by atoms with Crippen LogP contribution in [0, 0.1) is 0 Å². The van der Waals surface area contributed by atoms with Gasteiger partial charge in [-0.3, -0.25) is 4.57 Å². The van der Waals surface area contributed by atoms with E-state index in [1.807, 2.05) is 20.8 Å². The minimum atomic E-state index is -0.219. The van der Waals surface area contributed by atoms with E-state index in [1.54, 1.807) is 4.57 Å². The Morgan fingerprint density at radius 2 is 2.26 bits per heavy atom. The SMILES string of the molecule is CC(C)(C)c1noc(CSc2n[nH]c(=O)n2CC2CCCO2)n1. The van der Waals surface area contributed by atoms with Crippen molar-refractivity contribution in [2.45, 2.75) is 62.6 Å². The van der Waals surface area contributed by atoms with Gasteiger partial charge >= 0.3 is 5.69 Å². The van der Waals surface area contributed by atoms with E-state index in [0.29, 0.717) is 29.2 Å². The van der Waals surface area contributed by atoms with Crippen LogP contribution in [0.5, 0.6) is 0 Å². The molecule has 8 nitrogen and oxygen atoms in total. The van der Waals surface area contributed by atoms with Crippen molar-refractivity contribution in [3.05, 3.63) is 22.2 Å². The second kappa shape index (κ2) is 6.48. The molecule has 3 rings (SSSR count). The summed E-state index contributed by atoms with van der Waals surface area (Å²) in [6, 6.07) is 0. The monoisotopic (exact) mass is 339 g/mol. The molecule has 126 valence electrons. The first-order valence-corrected chi connectivity index (χ1v) is 8.65. The van der Waals surface area contributed by atoms with Crippen LogP contribution >= 0.6 is 11.8 Å². The Labute approximate surface area is 138 Å². The molecular formula is C14H21N5O3S. The van der Waals surface area contributed by atoms with Gasteiger partial charge in [0, 0.05) is 12.0 Å². The predicted molar refractivity (Wildman–Crippen MR) is 84.4 cm³/mol. The fraction of sp³-hybridized carbons (Fsp3) is 0.714. The molecule has 9 heteroatoms. The lowest BCUT2D eigenvalue weighted by molar-refractivity contribution is 0.0941. The summed E-state index contributed by atoms with van der Waals surface area (Å²) >= 11 is 1.40. The van der Waals surface area contributed by atoms with Gasteiger partial charge in [-0.25, -0.2) is 9.89 Å². The summed E-state index contributed by atoms with van der Waals surface area (Å²) in [5, 5.41) is 11.2. The molecule has 2 aromatic heterocycles. The van der Waals surface area contributed by atoms with E-state index in [1.165, 1.54) is 11.8 Å². The van der Waals surface area contributed by atoms with Gasteiger partial charge in [-0.2, -0.15) is 4.98 Å². The number of nitrogens with one attached hydrogen (secondary N) is 1. The Kier molecular flexibility index (Phi) is 4.58. The maximum absolute atomic E-state index is 11.9. The second-order valence-electron chi connectivity index (χ2n) is 6.61. The van der Waals surface area contributed by atoms with E-state index < -0.39 is 0 Å². The van der Waals surface area contributed by atoms with Gasteiger partial charge in [0.25, 0.3) is 0 Å². The van der Waals surface area contributed by atoms with Crippen molar-refractivity contribution in [2.75, 3.05) is 6.61 Å². The van der Waals surface area contributed by atoms with E-state index in [9.17, 15) is 4.79 Å². The lowest BCUT2D eigenvalue weighted by atomic mass is 9.96. The number of aromatic amines is 1. The van der Waals surface area contributed by atoms with Gasteiger partial charge in [-0.1, -0.05) is 37.7 Å². The standard InChI is InChI=1S/C14H21N5O3S/c1-14(2,3)11-15-10(22-18-11)8-23-13-17-16-12(20)19(13)7-9-5-4-6-21-9/h9H,4-8H2,1-3H3,(H,16,20). The first-order chi connectivity index (χ1) is 10.9. The van der Waals surface area contributed by atoms with Crippen molar-refractivity contribution < 1.29 is 9.26 Å². The Bertz CT molecular complexity index is 709. The molecule has 2 aromatic rings. The van der Waals surface area contributed by atoms with Crippen molar-refractivity contribution in [1.29, 1.82) is 0 Å². The normalized spacial score (nSPS) is 18.7. The first-order valence-electron chi connectivity index (χ1n) is 7.66. The van der Waals surface area contributed by atoms with Crippen LogP contribution in [0.15, 0.2) is 14.5 Å². The Hall–Kier alpha value is -1.61. The van der Waals surface area contributed by atoms with Crippen molar-refractivity contribution in [1.82, 2.24) is 24.9 Å². The van der Waals surface area contributed by atoms with Gasteiger partial charge in [0.2, 0.25) is 5.89 Å². The first kappa shape index (κ1) is 16.3. The summed E-state index contributed by atoms with van der Waals surface area (Å²) in [5.41, 5.74) is -0.371. The Morgan fingerprint density at radius 1 is 1.43 bits per heavy atom. The number of nitrogens with zero attached hydrogens (tertiary/aromatic N) is 4. The molecule has 3 heterocycles. The van der Waals surface area contributed by atoms with E-state index in [0.717, 1.165) is 19.4 Å². The number of hydrogen-bond acceptors (Lipinski definition) is 7. The summed E-state index contributed by atoms with van der Waals surface area (Å²) in [6.07, 6.45) is 2.10. The fourth-order valence-corrected chi connectivity index (χ4v) is 3.10. The molecule has 23 heavy (non-hydrogen) atoms. The van der Waals surface area contributed by atoms with Crippen molar-refractivity contribution in [3.63, 3.8) is 0 Å². The molecule has 0 aromatic carbocycles. The molecule has 1 fully saturated rings. The lowest BCUT2D eigenvalue weighted by Crippen LogP contribution is -2.24. The van der Waals surface area contributed by atoms with E-state index in [2.05, 4.69) is 20.3 Å². The van der Waals surface area contributed by atoms with Gasteiger partial charge in [-0.05, 0) is 12.8 Å². The topological polar surface area (TPSA) is 98.8 Å². The highest BCUT2D eigenvalue weighted by Gasteiger charge is 2.22. The maximum atomic E-state index is 11.9. The molecular weight excluding hydrogens is 318 g/mol. The quantitative estimate of drug-likeness (QED) is 0.828. The largest absolute Gasteiger partial charge is 0.376 e. The summed E-state index contributed by atoms with van der Waals surface area (Å²) in [4.78, 5) is 16.3. The number of hydrogen-bond donors (Lipinski definition) is 1. The number of thioether (sulfide) groups is 1. The number of aromatic nitrogens is 5. The van der Waals surface area contributed by atoms with E-state index in [4.69, 9.17) is 9.26 Å². The highest BCUT2D eigenvalue weighted by molar-refractivity contribution is 7.98.